The molecule has 0 saturated carbocycles. The maximum Gasteiger partial charge on any atom is 0.220 e. The van der Waals surface area contributed by atoms with E-state index in [4.69, 9.17) is 9.47 Å². The van der Waals surface area contributed by atoms with Crippen molar-refractivity contribution >= 4 is 5.91 Å². The summed E-state index contributed by atoms with van der Waals surface area (Å²) in [6.45, 7) is 3.68. The maximum atomic E-state index is 12.9. The fourth-order valence-electron chi connectivity index (χ4n) is 6.70. The third-order valence-electron chi connectivity index (χ3n) is 10.4. The van der Waals surface area contributed by atoms with Crippen LogP contribution < -0.4 is 5.32 Å². The van der Waals surface area contributed by atoms with Crippen LogP contribution in [0.15, 0.2) is 48.6 Å². The van der Waals surface area contributed by atoms with E-state index in [1.54, 1.807) is 6.08 Å². The average molecular weight is 778 g/mol. The first-order valence-electron chi connectivity index (χ1n) is 22.4. The van der Waals surface area contributed by atoms with Gasteiger partial charge < -0.3 is 40.3 Å². The van der Waals surface area contributed by atoms with Crippen LogP contribution >= 0.6 is 0 Å². The molecule has 1 rings (SSSR count). The first-order chi connectivity index (χ1) is 26.8. The van der Waals surface area contributed by atoms with Crippen molar-refractivity contribution in [3.05, 3.63) is 48.6 Å². The number of hydrogen-bond acceptors (Lipinski definition) is 8. The quantitative estimate of drug-likeness (QED) is 0.0273. The van der Waals surface area contributed by atoms with Gasteiger partial charge in [0.25, 0.3) is 0 Å². The zero-order valence-electron chi connectivity index (χ0n) is 34.9. The van der Waals surface area contributed by atoms with Gasteiger partial charge in [-0.25, -0.2) is 0 Å². The Bertz CT molecular complexity index is 998. The van der Waals surface area contributed by atoms with Crippen molar-refractivity contribution < 1.29 is 39.8 Å². The molecule has 55 heavy (non-hydrogen) atoms. The molecular formula is C46H83NO8. The molecule has 0 aromatic heterocycles. The highest BCUT2D eigenvalue weighted by atomic mass is 16.7. The summed E-state index contributed by atoms with van der Waals surface area (Å²) in [5, 5.41) is 54.0. The molecule has 9 nitrogen and oxygen atoms in total. The molecule has 1 heterocycles. The number of rotatable bonds is 36. The van der Waals surface area contributed by atoms with Crippen LogP contribution in [0, 0.1) is 0 Å². The standard InChI is InChI=1S/C46H83NO8/c1-3-5-7-9-11-13-15-16-17-18-19-20-21-22-23-24-25-26-27-29-31-33-35-40(49)39(38-54-46-45(53)44(52)43(51)41(37-48)55-46)47-42(50)36-34-32-30-28-14-12-10-8-6-4-2/h10,12,22-23,26-27,33,35,39-41,43-46,48-49,51-53H,3-9,11,13-21,24-25,28-32,34,36-38H2,1-2H3,(H,47,50)/b12-10-,23-22+,27-26+,35-33+. The molecule has 7 unspecified atom stereocenters. The average Bonchev–Trinajstić information content (AvgIpc) is 3.18. The molecule has 320 valence electrons. The van der Waals surface area contributed by atoms with Gasteiger partial charge in [-0.15, -0.1) is 0 Å². The van der Waals surface area contributed by atoms with Gasteiger partial charge in [0, 0.05) is 6.42 Å². The van der Waals surface area contributed by atoms with Crippen molar-refractivity contribution in [3.63, 3.8) is 0 Å². The number of aliphatic hydroxyl groups excluding tert-OH is 5. The lowest BCUT2D eigenvalue weighted by molar-refractivity contribution is -0.302. The molecule has 0 bridgehead atoms. The van der Waals surface area contributed by atoms with E-state index in [2.05, 4.69) is 55.6 Å². The van der Waals surface area contributed by atoms with E-state index in [1.165, 1.54) is 96.3 Å². The predicted octanol–water partition coefficient (Wildman–Crippen LogP) is 9.06. The lowest BCUT2D eigenvalue weighted by Gasteiger charge is -2.40. The van der Waals surface area contributed by atoms with Crippen molar-refractivity contribution in [1.82, 2.24) is 5.32 Å². The lowest BCUT2D eigenvalue weighted by Crippen LogP contribution is -2.60. The van der Waals surface area contributed by atoms with Gasteiger partial charge in [-0.2, -0.15) is 0 Å². The minimum absolute atomic E-state index is 0.208. The smallest absolute Gasteiger partial charge is 0.220 e. The van der Waals surface area contributed by atoms with E-state index in [9.17, 15) is 30.3 Å². The summed E-state index contributed by atoms with van der Waals surface area (Å²) >= 11 is 0. The number of unbranched alkanes of at least 4 members (excludes halogenated alkanes) is 20. The molecular weight excluding hydrogens is 695 g/mol. The zero-order chi connectivity index (χ0) is 40.2. The third-order valence-corrected chi connectivity index (χ3v) is 10.4. The minimum atomic E-state index is -1.58. The molecule has 0 spiro atoms. The van der Waals surface area contributed by atoms with Crippen molar-refractivity contribution in [2.24, 2.45) is 0 Å². The summed E-state index contributed by atoms with van der Waals surface area (Å²) in [5.74, 6) is -0.208. The molecule has 6 N–H and O–H groups in total. The van der Waals surface area contributed by atoms with Crippen LogP contribution in [0.5, 0.6) is 0 Å². The topological polar surface area (TPSA) is 149 Å². The molecule has 1 saturated heterocycles. The van der Waals surface area contributed by atoms with E-state index in [0.717, 1.165) is 64.2 Å². The van der Waals surface area contributed by atoms with E-state index < -0.39 is 49.5 Å². The van der Waals surface area contributed by atoms with Crippen LogP contribution in [-0.2, 0) is 14.3 Å². The number of hydrogen-bond donors (Lipinski definition) is 6. The molecule has 9 heteroatoms. The number of carbonyl (C=O) groups is 1. The number of amides is 1. The van der Waals surface area contributed by atoms with Crippen molar-refractivity contribution in [2.75, 3.05) is 13.2 Å². The number of ether oxygens (including phenoxy) is 2. The zero-order valence-corrected chi connectivity index (χ0v) is 34.9. The normalized spacial score (nSPS) is 21.8. The Labute approximate surface area is 335 Å². The summed E-state index contributed by atoms with van der Waals surface area (Å²) < 4.78 is 11.2. The van der Waals surface area contributed by atoms with Crippen LogP contribution in [0.3, 0.4) is 0 Å². The van der Waals surface area contributed by atoms with E-state index in [-0.39, 0.29) is 12.5 Å². The van der Waals surface area contributed by atoms with Crippen LogP contribution in [0.25, 0.3) is 0 Å². The number of allylic oxidation sites excluding steroid dienone is 7. The SMILES string of the molecule is CCCC/C=C\CCCCCCC(=O)NC(COC1OC(CO)C(O)C(O)C1O)C(O)/C=C/CC/C=C/CC/C=C/CCCCCCCCCCCCCC. The van der Waals surface area contributed by atoms with Crippen LogP contribution in [0.2, 0.25) is 0 Å². The summed E-state index contributed by atoms with van der Waals surface area (Å²) in [6, 6.07) is -0.832. The molecule has 0 aliphatic carbocycles. The van der Waals surface area contributed by atoms with Gasteiger partial charge in [-0.05, 0) is 64.2 Å². The molecule has 0 aromatic carbocycles. The fraction of sp³-hybridized carbons (Fsp3) is 0.804. The third kappa shape index (κ3) is 27.4. The highest BCUT2D eigenvalue weighted by Crippen LogP contribution is 2.22. The predicted molar refractivity (Wildman–Crippen MR) is 226 cm³/mol. The molecule has 1 amide bonds. The lowest BCUT2D eigenvalue weighted by atomic mass is 9.99. The van der Waals surface area contributed by atoms with E-state index in [1.807, 2.05) is 6.08 Å². The molecule has 1 aliphatic heterocycles. The minimum Gasteiger partial charge on any atom is -0.394 e. The Morgan fingerprint density at radius 3 is 1.58 bits per heavy atom. The summed E-state index contributed by atoms with van der Waals surface area (Å²) in [7, 11) is 0. The molecule has 1 aliphatic rings. The maximum absolute atomic E-state index is 12.9. The van der Waals surface area contributed by atoms with Gasteiger partial charge in [0.15, 0.2) is 6.29 Å². The van der Waals surface area contributed by atoms with Gasteiger partial charge in [0.2, 0.25) is 5.91 Å². The second-order valence-corrected chi connectivity index (χ2v) is 15.5. The van der Waals surface area contributed by atoms with E-state index >= 15 is 0 Å². The Morgan fingerprint density at radius 2 is 1.05 bits per heavy atom. The fourth-order valence-corrected chi connectivity index (χ4v) is 6.70. The molecule has 0 radical (unpaired) electrons. The van der Waals surface area contributed by atoms with Crippen molar-refractivity contribution in [2.45, 2.75) is 224 Å². The van der Waals surface area contributed by atoms with Crippen LogP contribution in [0.1, 0.15) is 181 Å². The van der Waals surface area contributed by atoms with E-state index in [0.29, 0.717) is 6.42 Å². The first kappa shape index (κ1) is 51.2. The van der Waals surface area contributed by atoms with Gasteiger partial charge in [-0.1, -0.05) is 159 Å². The summed E-state index contributed by atoms with van der Waals surface area (Å²) in [4.78, 5) is 12.9. The van der Waals surface area contributed by atoms with Crippen molar-refractivity contribution in [3.8, 4) is 0 Å². The Kier molecular flexibility index (Phi) is 33.9. The summed E-state index contributed by atoms with van der Waals surface area (Å²) in [6.07, 6.45) is 38.8. The second kappa shape index (κ2) is 36.5. The molecule has 1 fully saturated rings. The number of aliphatic hydroxyl groups is 5. The Balaban J connectivity index is 2.38. The first-order valence-corrected chi connectivity index (χ1v) is 22.4. The monoisotopic (exact) mass is 778 g/mol. The highest BCUT2D eigenvalue weighted by Gasteiger charge is 2.44. The molecule has 7 atom stereocenters. The summed E-state index contributed by atoms with van der Waals surface area (Å²) in [5.41, 5.74) is 0. The van der Waals surface area contributed by atoms with Crippen molar-refractivity contribution in [1.29, 1.82) is 0 Å². The van der Waals surface area contributed by atoms with Gasteiger partial charge >= 0.3 is 0 Å². The van der Waals surface area contributed by atoms with Gasteiger partial charge in [0.1, 0.15) is 24.4 Å². The Morgan fingerprint density at radius 1 is 0.600 bits per heavy atom. The number of nitrogens with one attached hydrogen (secondary N) is 1. The Hall–Kier alpha value is -1.85. The van der Waals surface area contributed by atoms with Crippen LogP contribution in [-0.4, -0.2) is 87.5 Å². The van der Waals surface area contributed by atoms with Gasteiger partial charge in [-0.3, -0.25) is 4.79 Å². The van der Waals surface area contributed by atoms with Gasteiger partial charge in [0.05, 0.1) is 25.4 Å². The highest BCUT2D eigenvalue weighted by molar-refractivity contribution is 5.76. The largest absolute Gasteiger partial charge is 0.394 e. The van der Waals surface area contributed by atoms with Crippen LogP contribution in [0.4, 0.5) is 0 Å². The number of carbonyl (C=O) groups excluding carboxylic acids is 1. The molecule has 0 aromatic rings. The second-order valence-electron chi connectivity index (χ2n) is 15.5.